The van der Waals surface area contributed by atoms with Crippen LogP contribution >= 0.6 is 0 Å². The minimum absolute atomic E-state index is 0.0720. The van der Waals surface area contributed by atoms with Crippen LogP contribution in [0.1, 0.15) is 37.3 Å². The number of likely N-dealkylation sites (tertiary alicyclic amines) is 1. The molecule has 0 radical (unpaired) electrons. The van der Waals surface area contributed by atoms with Gasteiger partial charge >= 0.3 is 6.18 Å². The van der Waals surface area contributed by atoms with Crippen molar-refractivity contribution >= 4 is 16.9 Å². The average molecular weight is 498 g/mol. The number of hydrogen-bond acceptors (Lipinski definition) is 4. The van der Waals surface area contributed by atoms with Crippen molar-refractivity contribution in [2.45, 2.75) is 38.8 Å². The van der Waals surface area contributed by atoms with E-state index in [4.69, 9.17) is 0 Å². The minimum atomic E-state index is -4.44. The number of alkyl halides is 3. The van der Waals surface area contributed by atoms with Gasteiger partial charge in [0.2, 0.25) is 17.7 Å². The van der Waals surface area contributed by atoms with E-state index in [-0.39, 0.29) is 11.8 Å². The predicted octanol–water partition coefficient (Wildman–Crippen LogP) is 5.33. The molecule has 1 aliphatic rings. The van der Waals surface area contributed by atoms with Crippen molar-refractivity contribution in [1.82, 2.24) is 24.6 Å². The number of amides is 1. The molecule has 1 saturated heterocycles. The van der Waals surface area contributed by atoms with Crippen molar-refractivity contribution in [1.29, 1.82) is 0 Å². The molecule has 0 bridgehead atoms. The normalized spacial score (nSPS) is 15.1. The second-order valence-electron chi connectivity index (χ2n) is 9.20. The van der Waals surface area contributed by atoms with Crippen molar-refractivity contribution in [2.24, 2.45) is 5.92 Å². The highest BCUT2D eigenvalue weighted by molar-refractivity contribution is 5.76. The molecule has 0 atom stereocenters. The summed E-state index contributed by atoms with van der Waals surface area (Å²) >= 11 is 0. The number of hydrogen-bond donors (Lipinski definition) is 2. The fourth-order valence-electron chi connectivity index (χ4n) is 4.79. The van der Waals surface area contributed by atoms with Gasteiger partial charge in [0.25, 0.3) is 0 Å². The number of imidazole rings is 1. The Morgan fingerprint density at radius 1 is 1.11 bits per heavy atom. The molecule has 2 aromatic carbocycles. The molecule has 10 heteroatoms. The number of halogens is 3. The lowest BCUT2D eigenvalue weighted by molar-refractivity contribution is -0.137. The van der Waals surface area contributed by atoms with Gasteiger partial charge in [-0.2, -0.15) is 23.0 Å². The summed E-state index contributed by atoms with van der Waals surface area (Å²) in [6.07, 6.45) is -1.45. The number of nitrogens with zero attached hydrogens (tertiary/aromatic N) is 4. The third-order valence-electron chi connectivity index (χ3n) is 6.88. The molecule has 1 fully saturated rings. The van der Waals surface area contributed by atoms with Crippen LogP contribution in [0.3, 0.4) is 0 Å². The molecule has 36 heavy (non-hydrogen) atoms. The highest BCUT2D eigenvalue weighted by Gasteiger charge is 2.31. The van der Waals surface area contributed by atoms with Gasteiger partial charge in [-0.25, -0.2) is 4.98 Å². The van der Waals surface area contributed by atoms with E-state index in [1.165, 1.54) is 16.8 Å². The number of benzene rings is 2. The Bertz CT molecular complexity index is 1350. The van der Waals surface area contributed by atoms with E-state index < -0.39 is 11.7 Å². The summed E-state index contributed by atoms with van der Waals surface area (Å²) in [5, 5.41) is 15.8. The Morgan fingerprint density at radius 2 is 1.81 bits per heavy atom. The van der Waals surface area contributed by atoms with E-state index in [0.717, 1.165) is 36.9 Å². The van der Waals surface area contributed by atoms with Crippen molar-refractivity contribution in [2.75, 3.05) is 13.1 Å². The van der Waals surface area contributed by atoms with Gasteiger partial charge in [0.15, 0.2) is 0 Å². The van der Waals surface area contributed by atoms with Gasteiger partial charge in [0.05, 0.1) is 16.6 Å². The number of aromatic nitrogens is 4. The number of aromatic hydroxyl groups is 1. The smallest absolute Gasteiger partial charge is 0.416 e. The van der Waals surface area contributed by atoms with E-state index in [9.17, 15) is 23.1 Å². The number of nitrogens with one attached hydrogen (secondary N) is 1. The third kappa shape index (κ3) is 4.67. The monoisotopic (exact) mass is 497 g/mol. The van der Waals surface area contributed by atoms with Gasteiger partial charge in [-0.15, -0.1) is 0 Å². The van der Waals surface area contributed by atoms with Crippen molar-refractivity contribution in [3.8, 4) is 23.1 Å². The van der Waals surface area contributed by atoms with Crippen LogP contribution in [0, 0.1) is 5.92 Å². The van der Waals surface area contributed by atoms with E-state index in [0.29, 0.717) is 53.7 Å². The van der Waals surface area contributed by atoms with Gasteiger partial charge in [-0.05, 0) is 55.9 Å². The lowest BCUT2D eigenvalue weighted by Crippen LogP contribution is -2.37. The van der Waals surface area contributed by atoms with Crippen LogP contribution in [0.5, 0.6) is 5.88 Å². The highest BCUT2D eigenvalue weighted by Crippen LogP contribution is 2.36. The van der Waals surface area contributed by atoms with Gasteiger partial charge < -0.3 is 15.0 Å². The van der Waals surface area contributed by atoms with Crippen molar-refractivity contribution in [3.63, 3.8) is 0 Å². The maximum atomic E-state index is 13.1. The first-order valence-electron chi connectivity index (χ1n) is 11.9. The summed E-state index contributed by atoms with van der Waals surface area (Å²) < 4.78 is 40.6. The molecule has 1 amide bonds. The van der Waals surface area contributed by atoms with Crippen LogP contribution in [0.4, 0.5) is 13.2 Å². The number of para-hydroxylation sites is 2. The van der Waals surface area contributed by atoms with E-state index >= 15 is 0 Å². The summed E-state index contributed by atoms with van der Waals surface area (Å²) in [6, 6.07) is 12.2. The van der Waals surface area contributed by atoms with Crippen LogP contribution in [0.2, 0.25) is 0 Å². The van der Waals surface area contributed by atoms with Gasteiger partial charge in [0, 0.05) is 31.1 Å². The summed E-state index contributed by atoms with van der Waals surface area (Å²) in [5.74, 6) is 0.672. The Hall–Kier alpha value is -3.82. The van der Waals surface area contributed by atoms with Gasteiger partial charge in [0.1, 0.15) is 5.69 Å². The van der Waals surface area contributed by atoms with Crippen LogP contribution in [-0.4, -0.2) is 48.8 Å². The second-order valence-corrected chi connectivity index (χ2v) is 9.20. The first-order valence-corrected chi connectivity index (χ1v) is 11.9. The zero-order valence-corrected chi connectivity index (χ0v) is 19.7. The quantitative estimate of drug-likeness (QED) is 0.390. The molecule has 0 unspecified atom stereocenters. The number of carbonyl (C=O) groups is 1. The Morgan fingerprint density at radius 3 is 2.44 bits per heavy atom. The first kappa shape index (κ1) is 23.9. The number of aromatic amines is 1. The van der Waals surface area contributed by atoms with Crippen LogP contribution in [-0.2, 0) is 17.4 Å². The molecule has 0 spiro atoms. The third-order valence-corrected chi connectivity index (χ3v) is 6.88. The van der Waals surface area contributed by atoms with E-state index in [1.54, 1.807) is 6.92 Å². The number of piperidine rings is 1. The SMILES string of the molecule is CC(=O)N1CCC(CCc2c(-c3ccc(C(F)(F)F)cc3)nn(-c3nc4ccccc4[nH]3)c2O)CC1. The Labute approximate surface area is 205 Å². The van der Waals surface area contributed by atoms with Gasteiger partial charge in [-0.1, -0.05) is 24.3 Å². The maximum Gasteiger partial charge on any atom is 0.416 e. The second kappa shape index (κ2) is 9.33. The number of rotatable bonds is 5. The molecule has 2 N–H and O–H groups in total. The molecule has 0 saturated carbocycles. The lowest BCUT2D eigenvalue weighted by atomic mass is 9.90. The maximum absolute atomic E-state index is 13.1. The highest BCUT2D eigenvalue weighted by atomic mass is 19.4. The number of fused-ring (bicyclic) bond motifs is 1. The predicted molar refractivity (Wildman–Crippen MR) is 129 cm³/mol. The molecule has 2 aromatic heterocycles. The standard InChI is InChI=1S/C26H26F3N5O2/c1-16(35)33-14-12-17(13-15-33)6-11-20-23(18-7-9-19(10-8-18)26(27,28)29)32-34(24(20)36)25-30-21-4-2-3-5-22(21)31-25/h2-5,7-10,17,36H,6,11-15H2,1H3,(H,30,31). The summed E-state index contributed by atoms with van der Waals surface area (Å²) in [7, 11) is 0. The Balaban J connectivity index is 1.47. The van der Waals surface area contributed by atoms with Crippen molar-refractivity contribution < 1.29 is 23.1 Å². The topological polar surface area (TPSA) is 87.0 Å². The van der Waals surface area contributed by atoms with E-state index in [1.807, 2.05) is 29.2 Å². The number of carbonyl (C=O) groups excluding carboxylic acids is 1. The first-order chi connectivity index (χ1) is 17.2. The van der Waals surface area contributed by atoms with Crippen molar-refractivity contribution in [3.05, 3.63) is 59.7 Å². The molecular weight excluding hydrogens is 471 g/mol. The van der Waals surface area contributed by atoms with Gasteiger partial charge in [-0.3, -0.25) is 4.79 Å². The molecule has 188 valence electrons. The molecule has 5 rings (SSSR count). The van der Waals surface area contributed by atoms with Crippen LogP contribution < -0.4 is 0 Å². The van der Waals surface area contributed by atoms with Crippen LogP contribution in [0.25, 0.3) is 28.2 Å². The largest absolute Gasteiger partial charge is 0.493 e. The molecule has 4 aromatic rings. The number of H-pyrrole nitrogens is 1. The fourth-order valence-corrected chi connectivity index (χ4v) is 4.79. The molecular formula is C26H26F3N5O2. The van der Waals surface area contributed by atoms with E-state index in [2.05, 4.69) is 15.1 Å². The summed E-state index contributed by atoms with van der Waals surface area (Å²) in [6.45, 7) is 2.98. The molecule has 3 heterocycles. The van der Waals surface area contributed by atoms with Crippen LogP contribution in [0.15, 0.2) is 48.5 Å². The molecule has 0 aliphatic carbocycles. The zero-order chi connectivity index (χ0) is 25.4. The average Bonchev–Trinajstić information content (AvgIpc) is 3.43. The minimum Gasteiger partial charge on any atom is -0.493 e. The summed E-state index contributed by atoms with van der Waals surface area (Å²) in [4.78, 5) is 21.1. The lowest BCUT2D eigenvalue weighted by Gasteiger charge is -2.31. The molecule has 1 aliphatic heterocycles. The summed E-state index contributed by atoms with van der Waals surface area (Å²) in [5.41, 5.74) is 2.20. The Kier molecular flexibility index (Phi) is 6.19. The fraction of sp³-hybridized carbons (Fsp3) is 0.346. The zero-order valence-electron chi connectivity index (χ0n) is 19.7. The molecule has 7 nitrogen and oxygen atoms in total.